The average Bonchev–Trinajstić information content (AvgIpc) is 3.87. The second-order valence-corrected chi connectivity index (χ2v) is 20.8. The minimum Gasteiger partial charge on any atom is -0.509 e. The Morgan fingerprint density at radius 1 is 0.580 bits per heavy atom. The molecular weight excluding hydrogens is 1030 g/mol. The SMILES string of the molecule is CC(C)c1cccc(C(C)C)c1-c1cc(Oc2[c-]c3c(cc2)c2ccccc2n3-c2cc(C(C)(C)C)ccn2)[c-]c(N2[CH-]N(c3ccc(C(C)(C)C)cc3-c3ccc(F)cc3)c3ccccc32)c1.[Pt]. The number of halogens is 1. The number of para-hydroxylation sites is 3. The Labute approximate surface area is 421 Å². The van der Waals surface area contributed by atoms with Gasteiger partial charge >= 0.3 is 0 Å². The zero-order valence-electron chi connectivity index (χ0n) is 41.1. The summed E-state index contributed by atoms with van der Waals surface area (Å²) in [6.45, 7) is 24.5. The van der Waals surface area contributed by atoms with Gasteiger partial charge in [-0.3, -0.25) is 0 Å². The topological polar surface area (TPSA) is 33.5 Å². The van der Waals surface area contributed by atoms with Gasteiger partial charge in [-0.05, 0) is 116 Å². The van der Waals surface area contributed by atoms with E-state index in [0.29, 0.717) is 11.5 Å². The number of ether oxygens (including phenoxy) is 1. The standard InChI is InChI=1S/C62H58FN4O.Pt/c1-39(2)49-17-15-18-50(40(3)4)60(49)42-32-46(65-38-66(57-21-14-13-20-56(57)65)54-29-24-43(61(5,6)7)34-53(54)41-22-25-45(63)26-23-41)36-48(33-42)68-47-27-28-52-51-16-11-12-19-55(51)67(58(52)37-47)59-35-44(30-31-64-59)62(8,9)10;/h11-35,38-40H,1-10H3;/q-3;. The van der Waals surface area contributed by atoms with Gasteiger partial charge < -0.3 is 19.1 Å². The van der Waals surface area contributed by atoms with Crippen molar-refractivity contribution in [2.75, 3.05) is 9.80 Å². The first-order valence-electron chi connectivity index (χ1n) is 23.8. The molecule has 352 valence electrons. The quantitative estimate of drug-likeness (QED) is 0.135. The van der Waals surface area contributed by atoms with Gasteiger partial charge in [-0.2, -0.15) is 6.07 Å². The van der Waals surface area contributed by atoms with Crippen LogP contribution in [0, 0.1) is 24.6 Å². The van der Waals surface area contributed by atoms with Gasteiger partial charge in [0.15, 0.2) is 0 Å². The minimum atomic E-state index is -0.262. The van der Waals surface area contributed by atoms with Gasteiger partial charge in [0.2, 0.25) is 0 Å². The van der Waals surface area contributed by atoms with Crippen LogP contribution < -0.4 is 14.5 Å². The third-order valence-electron chi connectivity index (χ3n) is 13.3. The van der Waals surface area contributed by atoms with E-state index in [1.807, 2.05) is 24.4 Å². The van der Waals surface area contributed by atoms with Crippen LogP contribution in [0.2, 0.25) is 0 Å². The van der Waals surface area contributed by atoms with E-state index >= 15 is 0 Å². The van der Waals surface area contributed by atoms with Crippen molar-refractivity contribution in [1.82, 2.24) is 9.55 Å². The van der Waals surface area contributed by atoms with Gasteiger partial charge in [0.1, 0.15) is 11.6 Å². The van der Waals surface area contributed by atoms with Crippen LogP contribution in [0.3, 0.4) is 0 Å². The first-order chi connectivity index (χ1) is 32.5. The Balaban J connectivity index is 0.00000593. The number of rotatable bonds is 9. The smallest absolute Gasteiger partial charge is 0.135 e. The van der Waals surface area contributed by atoms with E-state index in [4.69, 9.17) is 9.72 Å². The molecular formula is C62H58FN4OPt-3. The summed E-state index contributed by atoms with van der Waals surface area (Å²) in [5, 5.41) is 2.19. The predicted molar refractivity (Wildman–Crippen MR) is 281 cm³/mol. The summed E-state index contributed by atoms with van der Waals surface area (Å²) in [5.74, 6) is 2.27. The van der Waals surface area contributed by atoms with Crippen LogP contribution >= 0.6 is 0 Å². The van der Waals surface area contributed by atoms with Crippen LogP contribution in [0.25, 0.3) is 49.9 Å². The molecule has 0 radical (unpaired) electrons. The second kappa shape index (κ2) is 18.4. The third kappa shape index (κ3) is 9.01. The first kappa shape index (κ1) is 47.6. The van der Waals surface area contributed by atoms with E-state index in [-0.39, 0.29) is 49.5 Å². The number of nitrogens with zero attached hydrogens (tertiary/aromatic N) is 4. The van der Waals surface area contributed by atoms with Gasteiger partial charge in [-0.1, -0.05) is 141 Å². The number of fused-ring (bicyclic) bond motifs is 4. The van der Waals surface area contributed by atoms with Crippen molar-refractivity contribution >= 4 is 44.6 Å². The molecule has 0 atom stereocenters. The Hall–Kier alpha value is -6.49. The maximum atomic E-state index is 14.4. The Morgan fingerprint density at radius 3 is 1.91 bits per heavy atom. The molecule has 1 aliphatic heterocycles. The van der Waals surface area contributed by atoms with Crippen molar-refractivity contribution in [2.24, 2.45) is 0 Å². The Morgan fingerprint density at radius 2 is 1.23 bits per heavy atom. The molecule has 69 heavy (non-hydrogen) atoms. The number of pyridine rings is 1. The summed E-state index contributed by atoms with van der Waals surface area (Å²) in [6, 6.07) is 57.3. The van der Waals surface area contributed by atoms with Crippen LogP contribution in [0.1, 0.15) is 103 Å². The van der Waals surface area contributed by atoms with Crippen molar-refractivity contribution < 1.29 is 30.2 Å². The normalized spacial score (nSPS) is 12.9. The predicted octanol–water partition coefficient (Wildman–Crippen LogP) is 17.3. The van der Waals surface area contributed by atoms with Crippen LogP contribution in [-0.4, -0.2) is 9.55 Å². The van der Waals surface area contributed by atoms with E-state index < -0.39 is 0 Å². The zero-order chi connectivity index (χ0) is 47.6. The van der Waals surface area contributed by atoms with Crippen molar-refractivity contribution in [3.05, 3.63) is 199 Å². The van der Waals surface area contributed by atoms with E-state index in [1.54, 1.807) is 0 Å². The van der Waals surface area contributed by atoms with E-state index in [0.717, 1.165) is 67.1 Å². The zero-order valence-corrected chi connectivity index (χ0v) is 43.3. The molecule has 3 heterocycles. The van der Waals surface area contributed by atoms with Gasteiger partial charge in [0.25, 0.3) is 0 Å². The molecule has 1 aliphatic rings. The Kier molecular flexibility index (Phi) is 12.7. The van der Waals surface area contributed by atoms with Gasteiger partial charge in [-0.15, -0.1) is 53.6 Å². The van der Waals surface area contributed by atoms with Crippen molar-refractivity contribution in [2.45, 2.75) is 91.9 Å². The molecule has 2 aromatic heterocycles. The summed E-state index contributed by atoms with van der Waals surface area (Å²) < 4.78 is 23.6. The minimum absolute atomic E-state index is 0. The molecule has 0 aliphatic carbocycles. The fraction of sp³-hybridized carbons (Fsp3) is 0.226. The largest absolute Gasteiger partial charge is 0.509 e. The molecule has 0 bridgehead atoms. The number of hydrogen-bond acceptors (Lipinski definition) is 4. The van der Waals surface area contributed by atoms with E-state index in [1.165, 1.54) is 39.9 Å². The number of aromatic nitrogens is 2. The van der Waals surface area contributed by atoms with E-state index in [9.17, 15) is 4.39 Å². The first-order valence-corrected chi connectivity index (χ1v) is 23.8. The number of anilines is 4. The molecule has 9 aromatic rings. The van der Waals surface area contributed by atoms with Crippen LogP contribution in [-0.2, 0) is 31.9 Å². The summed E-state index contributed by atoms with van der Waals surface area (Å²) in [4.78, 5) is 9.36. The molecule has 0 fully saturated rings. The summed E-state index contributed by atoms with van der Waals surface area (Å²) in [7, 11) is 0. The summed E-state index contributed by atoms with van der Waals surface area (Å²) in [5.41, 5.74) is 14.8. The summed E-state index contributed by atoms with van der Waals surface area (Å²) in [6.07, 6.45) is 1.90. The van der Waals surface area contributed by atoms with Crippen LogP contribution in [0.15, 0.2) is 152 Å². The van der Waals surface area contributed by atoms with Gasteiger partial charge in [-0.25, -0.2) is 9.37 Å². The summed E-state index contributed by atoms with van der Waals surface area (Å²) >= 11 is 0. The molecule has 5 nitrogen and oxygen atoms in total. The van der Waals surface area contributed by atoms with Gasteiger partial charge in [0, 0.05) is 66.9 Å². The molecule has 10 rings (SSSR count). The molecule has 0 saturated carbocycles. The van der Waals surface area contributed by atoms with Crippen molar-refractivity contribution in [3.63, 3.8) is 0 Å². The maximum Gasteiger partial charge on any atom is 0.135 e. The molecule has 0 spiro atoms. The third-order valence-corrected chi connectivity index (χ3v) is 13.3. The number of hydrogen-bond donors (Lipinski definition) is 0. The molecule has 0 N–H and O–H groups in total. The van der Waals surface area contributed by atoms with E-state index in [2.05, 4.69) is 218 Å². The van der Waals surface area contributed by atoms with Crippen molar-refractivity contribution in [3.8, 4) is 39.6 Å². The number of benzene rings is 7. The molecule has 7 aromatic carbocycles. The second-order valence-electron chi connectivity index (χ2n) is 20.8. The monoisotopic (exact) mass is 1090 g/mol. The fourth-order valence-corrected chi connectivity index (χ4v) is 9.61. The molecule has 0 amide bonds. The molecule has 0 unspecified atom stereocenters. The maximum absolute atomic E-state index is 14.4. The van der Waals surface area contributed by atoms with Gasteiger partial charge in [0.05, 0.1) is 0 Å². The average molecular weight is 1090 g/mol. The fourth-order valence-electron chi connectivity index (χ4n) is 9.61. The van der Waals surface area contributed by atoms with Crippen molar-refractivity contribution in [1.29, 1.82) is 0 Å². The van der Waals surface area contributed by atoms with Crippen LogP contribution in [0.4, 0.5) is 27.1 Å². The molecule has 0 saturated heterocycles. The van der Waals surface area contributed by atoms with Crippen LogP contribution in [0.5, 0.6) is 11.5 Å². The molecule has 7 heteroatoms. The Bertz CT molecular complexity index is 3330.